The van der Waals surface area contributed by atoms with Crippen molar-refractivity contribution in [2.45, 2.75) is 13.3 Å². The van der Waals surface area contributed by atoms with Gasteiger partial charge in [0.1, 0.15) is 11.3 Å². The van der Waals surface area contributed by atoms with Gasteiger partial charge in [-0.2, -0.15) is 0 Å². The van der Waals surface area contributed by atoms with E-state index in [4.69, 9.17) is 19.9 Å². The third-order valence-corrected chi connectivity index (χ3v) is 4.04. The standard InChI is InChI=1S/C17H19N5O5/c1-5-11-19-12(15(18)23)13-16(20-11)22(17(24)21-13)8-6-9(25-2)14(27-4)10(7-8)26-3/h6-7H,5H2,1-4H3,(H2,18,23)(H,21,24). The summed E-state index contributed by atoms with van der Waals surface area (Å²) in [6, 6.07) is 3.21. The molecule has 3 rings (SSSR count). The zero-order chi connectivity index (χ0) is 19.7. The van der Waals surface area contributed by atoms with Gasteiger partial charge >= 0.3 is 5.69 Å². The summed E-state index contributed by atoms with van der Waals surface area (Å²) in [6.07, 6.45) is 0.463. The number of carbonyl (C=O) groups excluding carboxylic acids is 1. The third kappa shape index (κ3) is 2.94. The molecule has 1 amide bonds. The number of aryl methyl sites for hydroxylation is 1. The number of rotatable bonds is 6. The molecule has 0 bridgehead atoms. The number of nitrogens with one attached hydrogen (secondary N) is 1. The highest BCUT2D eigenvalue weighted by molar-refractivity contribution is 6.01. The minimum Gasteiger partial charge on any atom is -0.493 e. The van der Waals surface area contributed by atoms with Crippen molar-refractivity contribution in [2.24, 2.45) is 5.73 Å². The van der Waals surface area contributed by atoms with Crippen molar-refractivity contribution >= 4 is 17.1 Å². The Balaban J connectivity index is 2.38. The molecule has 0 aliphatic carbocycles. The molecule has 0 aliphatic rings. The lowest BCUT2D eigenvalue weighted by molar-refractivity contribution is 0.0996. The minimum atomic E-state index is -0.754. The topological polar surface area (TPSA) is 134 Å². The first-order valence-corrected chi connectivity index (χ1v) is 8.06. The molecule has 10 nitrogen and oxygen atoms in total. The largest absolute Gasteiger partial charge is 0.493 e. The zero-order valence-electron chi connectivity index (χ0n) is 15.3. The molecule has 10 heteroatoms. The van der Waals surface area contributed by atoms with Gasteiger partial charge in [0.05, 0.1) is 27.0 Å². The number of nitrogens with zero attached hydrogens (tertiary/aromatic N) is 3. The Morgan fingerprint density at radius 2 is 1.78 bits per heavy atom. The second kappa shape index (κ2) is 6.98. The monoisotopic (exact) mass is 373 g/mol. The summed E-state index contributed by atoms with van der Waals surface area (Å²) < 4.78 is 17.3. The number of ether oxygens (including phenoxy) is 3. The molecule has 0 unspecified atom stereocenters. The van der Waals surface area contributed by atoms with Crippen molar-refractivity contribution in [3.8, 4) is 22.9 Å². The van der Waals surface area contributed by atoms with Crippen molar-refractivity contribution in [2.75, 3.05) is 21.3 Å². The van der Waals surface area contributed by atoms with E-state index in [0.29, 0.717) is 35.2 Å². The smallest absolute Gasteiger partial charge is 0.332 e. The number of H-pyrrole nitrogens is 1. The van der Waals surface area contributed by atoms with E-state index in [2.05, 4.69) is 15.0 Å². The maximum atomic E-state index is 12.6. The molecule has 0 saturated heterocycles. The Bertz CT molecular complexity index is 1060. The van der Waals surface area contributed by atoms with Crippen LogP contribution in [0.3, 0.4) is 0 Å². The molecule has 27 heavy (non-hydrogen) atoms. The fourth-order valence-corrected chi connectivity index (χ4v) is 2.80. The van der Waals surface area contributed by atoms with E-state index < -0.39 is 11.6 Å². The molecule has 0 atom stereocenters. The molecule has 0 spiro atoms. The van der Waals surface area contributed by atoms with Crippen LogP contribution in [0, 0.1) is 0 Å². The minimum absolute atomic E-state index is 0.0415. The van der Waals surface area contributed by atoms with Gasteiger partial charge in [0.2, 0.25) is 5.75 Å². The number of benzene rings is 1. The SMILES string of the molecule is CCc1nc(C(N)=O)c2[nH]c(=O)n(-c3cc(OC)c(OC)c(OC)c3)c2n1. The average molecular weight is 373 g/mol. The molecule has 0 aliphatic heterocycles. The van der Waals surface area contributed by atoms with Gasteiger partial charge in [-0.1, -0.05) is 6.92 Å². The highest BCUT2D eigenvalue weighted by atomic mass is 16.5. The number of imidazole rings is 1. The van der Waals surface area contributed by atoms with Crippen LogP contribution in [0.15, 0.2) is 16.9 Å². The first-order chi connectivity index (χ1) is 12.9. The van der Waals surface area contributed by atoms with Crippen LogP contribution in [0.2, 0.25) is 0 Å². The van der Waals surface area contributed by atoms with Crippen molar-refractivity contribution in [3.05, 3.63) is 34.1 Å². The molecule has 1 aromatic carbocycles. The Morgan fingerprint density at radius 1 is 1.15 bits per heavy atom. The third-order valence-electron chi connectivity index (χ3n) is 4.04. The van der Waals surface area contributed by atoms with E-state index in [0.717, 1.165) is 0 Å². The number of methoxy groups -OCH3 is 3. The molecule has 142 valence electrons. The van der Waals surface area contributed by atoms with Crippen LogP contribution in [0.25, 0.3) is 16.9 Å². The van der Waals surface area contributed by atoms with Gasteiger partial charge < -0.3 is 24.9 Å². The Kier molecular flexibility index (Phi) is 4.72. The first-order valence-electron chi connectivity index (χ1n) is 8.06. The van der Waals surface area contributed by atoms with E-state index in [-0.39, 0.29) is 16.9 Å². The van der Waals surface area contributed by atoms with Crippen LogP contribution in [-0.4, -0.2) is 46.8 Å². The fourth-order valence-electron chi connectivity index (χ4n) is 2.80. The van der Waals surface area contributed by atoms with Crippen LogP contribution < -0.4 is 25.6 Å². The summed E-state index contributed by atoms with van der Waals surface area (Å²) in [6.45, 7) is 1.83. The van der Waals surface area contributed by atoms with E-state index in [1.165, 1.54) is 25.9 Å². The maximum Gasteiger partial charge on any atom is 0.332 e. The normalized spacial score (nSPS) is 10.8. The molecule has 0 saturated carbocycles. The maximum absolute atomic E-state index is 12.6. The van der Waals surface area contributed by atoms with E-state index >= 15 is 0 Å². The predicted octanol–water partition coefficient (Wildman–Crippen LogP) is 0.796. The Labute approximate surface area is 153 Å². The second-order valence-electron chi connectivity index (χ2n) is 5.55. The molecule has 3 N–H and O–H groups in total. The van der Waals surface area contributed by atoms with E-state index in [9.17, 15) is 9.59 Å². The highest BCUT2D eigenvalue weighted by Gasteiger charge is 2.21. The summed E-state index contributed by atoms with van der Waals surface area (Å²) in [5.41, 5.74) is 5.67. The molecule has 0 fully saturated rings. The van der Waals surface area contributed by atoms with Gasteiger partial charge in [0.15, 0.2) is 22.8 Å². The number of amides is 1. The Hall–Kier alpha value is -3.56. The lowest BCUT2D eigenvalue weighted by Gasteiger charge is -2.14. The lowest BCUT2D eigenvalue weighted by atomic mass is 10.2. The highest BCUT2D eigenvalue weighted by Crippen LogP contribution is 2.39. The second-order valence-corrected chi connectivity index (χ2v) is 5.55. The number of fused-ring (bicyclic) bond motifs is 1. The Morgan fingerprint density at radius 3 is 2.26 bits per heavy atom. The summed E-state index contributed by atoms with van der Waals surface area (Å²) in [7, 11) is 4.43. The average Bonchev–Trinajstić information content (AvgIpc) is 3.01. The molecular formula is C17H19N5O5. The number of nitrogens with two attached hydrogens (primary N) is 1. The number of hydrogen-bond donors (Lipinski definition) is 2. The summed E-state index contributed by atoms with van der Waals surface area (Å²) >= 11 is 0. The fraction of sp³-hybridized carbons (Fsp3) is 0.294. The van der Waals surface area contributed by atoms with E-state index in [1.807, 2.05) is 6.92 Å². The zero-order valence-corrected chi connectivity index (χ0v) is 15.3. The summed E-state index contributed by atoms with van der Waals surface area (Å²) in [5.74, 6) is 0.756. The van der Waals surface area contributed by atoms with Gasteiger partial charge in [0.25, 0.3) is 5.91 Å². The van der Waals surface area contributed by atoms with Crippen molar-refractivity contribution in [3.63, 3.8) is 0 Å². The molecule has 0 radical (unpaired) electrons. The van der Waals surface area contributed by atoms with Crippen LogP contribution >= 0.6 is 0 Å². The number of aromatic amines is 1. The van der Waals surface area contributed by atoms with Crippen molar-refractivity contribution in [1.29, 1.82) is 0 Å². The quantitative estimate of drug-likeness (QED) is 0.652. The van der Waals surface area contributed by atoms with Gasteiger partial charge in [-0.05, 0) is 0 Å². The number of aromatic nitrogens is 4. The van der Waals surface area contributed by atoms with Crippen LogP contribution in [0.5, 0.6) is 17.2 Å². The van der Waals surface area contributed by atoms with Crippen LogP contribution in [0.4, 0.5) is 0 Å². The van der Waals surface area contributed by atoms with Crippen LogP contribution in [-0.2, 0) is 6.42 Å². The number of primary amides is 1. The lowest BCUT2D eigenvalue weighted by Crippen LogP contribution is -2.16. The number of hydrogen-bond acceptors (Lipinski definition) is 7. The van der Waals surface area contributed by atoms with Gasteiger partial charge in [-0.3, -0.25) is 4.79 Å². The van der Waals surface area contributed by atoms with E-state index in [1.54, 1.807) is 12.1 Å². The number of carbonyl (C=O) groups is 1. The summed E-state index contributed by atoms with van der Waals surface area (Å²) in [5, 5.41) is 0. The van der Waals surface area contributed by atoms with Crippen LogP contribution in [0.1, 0.15) is 23.2 Å². The van der Waals surface area contributed by atoms with Crippen molar-refractivity contribution < 1.29 is 19.0 Å². The van der Waals surface area contributed by atoms with Gasteiger partial charge in [0, 0.05) is 18.6 Å². The summed E-state index contributed by atoms with van der Waals surface area (Å²) in [4.78, 5) is 35.5. The molecule has 3 aromatic rings. The van der Waals surface area contributed by atoms with Gasteiger partial charge in [-0.15, -0.1) is 0 Å². The molecular weight excluding hydrogens is 354 g/mol. The predicted molar refractivity (Wildman–Crippen MR) is 97.0 cm³/mol. The molecule has 2 heterocycles. The van der Waals surface area contributed by atoms with Gasteiger partial charge in [-0.25, -0.2) is 19.3 Å². The van der Waals surface area contributed by atoms with Crippen molar-refractivity contribution in [1.82, 2.24) is 19.5 Å². The molecule has 2 aromatic heterocycles. The first kappa shape index (κ1) is 18.2.